The van der Waals surface area contributed by atoms with E-state index in [9.17, 15) is 13.2 Å². The quantitative estimate of drug-likeness (QED) is 0.755. The van der Waals surface area contributed by atoms with E-state index in [-0.39, 0.29) is 11.7 Å². The van der Waals surface area contributed by atoms with Gasteiger partial charge in [0.2, 0.25) is 15.9 Å². The molecule has 0 heterocycles. The SMILES string of the molecule is CCS(=O)(=O)Nc1ccc(C2(C(=O)NCCC(C)C)CCC2)cc1. The molecular formula is C18H28N2O3S. The van der Waals surface area contributed by atoms with Crippen molar-refractivity contribution in [3.8, 4) is 0 Å². The first-order valence-corrected chi connectivity index (χ1v) is 10.3. The molecule has 2 rings (SSSR count). The third-order valence-electron chi connectivity index (χ3n) is 4.74. The van der Waals surface area contributed by atoms with Crippen LogP contribution in [0.2, 0.25) is 0 Å². The second kappa shape index (κ2) is 7.55. The molecule has 5 nitrogen and oxygen atoms in total. The van der Waals surface area contributed by atoms with Gasteiger partial charge in [0.15, 0.2) is 0 Å². The molecule has 0 aliphatic heterocycles. The maximum atomic E-state index is 12.7. The Morgan fingerprint density at radius 2 is 1.83 bits per heavy atom. The van der Waals surface area contributed by atoms with Gasteiger partial charge >= 0.3 is 0 Å². The standard InChI is InChI=1S/C18H28N2O3S/c1-4-24(22,23)20-16-8-6-15(7-9-16)18(11-5-12-18)17(21)19-13-10-14(2)3/h6-9,14,20H,4-5,10-13H2,1-3H3,(H,19,21). The highest BCUT2D eigenvalue weighted by atomic mass is 32.2. The smallest absolute Gasteiger partial charge is 0.232 e. The fourth-order valence-electron chi connectivity index (χ4n) is 2.93. The van der Waals surface area contributed by atoms with Gasteiger partial charge in [-0.2, -0.15) is 0 Å². The lowest BCUT2D eigenvalue weighted by atomic mass is 9.63. The third-order valence-corrected chi connectivity index (χ3v) is 6.05. The van der Waals surface area contributed by atoms with Crippen LogP contribution in [0.1, 0.15) is 52.0 Å². The molecule has 0 atom stereocenters. The van der Waals surface area contributed by atoms with Crippen molar-refractivity contribution in [3.63, 3.8) is 0 Å². The van der Waals surface area contributed by atoms with Gasteiger partial charge in [-0.25, -0.2) is 8.42 Å². The molecule has 1 fully saturated rings. The van der Waals surface area contributed by atoms with E-state index in [1.165, 1.54) is 0 Å². The lowest BCUT2D eigenvalue weighted by Crippen LogP contribution is -2.49. The maximum absolute atomic E-state index is 12.7. The van der Waals surface area contributed by atoms with E-state index in [0.29, 0.717) is 18.2 Å². The predicted molar refractivity (Wildman–Crippen MR) is 97.5 cm³/mol. The van der Waals surface area contributed by atoms with Crippen LogP contribution < -0.4 is 10.0 Å². The number of nitrogens with one attached hydrogen (secondary N) is 2. The fraction of sp³-hybridized carbons (Fsp3) is 0.611. The van der Waals surface area contributed by atoms with E-state index in [1.807, 2.05) is 12.1 Å². The summed E-state index contributed by atoms with van der Waals surface area (Å²) in [7, 11) is -3.28. The minimum Gasteiger partial charge on any atom is -0.355 e. The summed E-state index contributed by atoms with van der Waals surface area (Å²) in [6.45, 7) is 6.58. The molecule has 1 aromatic rings. The molecule has 0 radical (unpaired) electrons. The van der Waals surface area contributed by atoms with Crippen LogP contribution in [0.3, 0.4) is 0 Å². The van der Waals surface area contributed by atoms with Crippen molar-refractivity contribution >= 4 is 21.6 Å². The minimum absolute atomic E-state index is 0.0386. The number of amides is 1. The van der Waals surface area contributed by atoms with Gasteiger partial charge in [0.05, 0.1) is 11.2 Å². The van der Waals surface area contributed by atoms with Crippen LogP contribution in [0.15, 0.2) is 24.3 Å². The number of carbonyl (C=O) groups is 1. The Labute approximate surface area is 145 Å². The average Bonchev–Trinajstić information content (AvgIpc) is 2.47. The molecule has 1 aliphatic carbocycles. The second-order valence-corrected chi connectivity index (χ2v) is 8.97. The number of hydrogen-bond acceptors (Lipinski definition) is 3. The number of hydrogen-bond donors (Lipinski definition) is 2. The number of anilines is 1. The topological polar surface area (TPSA) is 75.3 Å². The molecule has 6 heteroatoms. The number of carbonyl (C=O) groups excluding carboxylic acids is 1. The predicted octanol–water partition coefficient (Wildman–Crippen LogP) is 3.03. The molecule has 1 aliphatic rings. The molecule has 0 aromatic heterocycles. The van der Waals surface area contributed by atoms with Crippen LogP contribution in [-0.4, -0.2) is 26.6 Å². The molecule has 1 aromatic carbocycles. The van der Waals surface area contributed by atoms with Crippen LogP contribution in [0.5, 0.6) is 0 Å². The number of rotatable bonds is 8. The summed E-state index contributed by atoms with van der Waals surface area (Å²) in [5.41, 5.74) is 1.06. The molecule has 0 bridgehead atoms. The Balaban J connectivity index is 2.08. The van der Waals surface area contributed by atoms with Gasteiger partial charge in [-0.3, -0.25) is 9.52 Å². The molecular weight excluding hydrogens is 324 g/mol. The highest BCUT2D eigenvalue weighted by Crippen LogP contribution is 2.44. The molecule has 134 valence electrons. The van der Waals surface area contributed by atoms with Crippen LogP contribution in [0.25, 0.3) is 0 Å². The minimum atomic E-state index is -3.28. The second-order valence-electron chi connectivity index (χ2n) is 6.96. The zero-order valence-electron chi connectivity index (χ0n) is 14.8. The van der Waals surface area contributed by atoms with Gasteiger partial charge in [-0.1, -0.05) is 32.4 Å². The van der Waals surface area contributed by atoms with E-state index in [2.05, 4.69) is 23.9 Å². The first-order chi connectivity index (χ1) is 11.3. The summed E-state index contributed by atoms with van der Waals surface area (Å²) in [5.74, 6) is 0.696. The van der Waals surface area contributed by atoms with Crippen LogP contribution in [0.4, 0.5) is 5.69 Å². The number of sulfonamides is 1. The summed E-state index contributed by atoms with van der Waals surface area (Å²) in [4.78, 5) is 12.7. The Morgan fingerprint density at radius 1 is 1.21 bits per heavy atom. The van der Waals surface area contributed by atoms with Gasteiger partial charge in [-0.05, 0) is 49.8 Å². The van der Waals surface area contributed by atoms with E-state index in [1.54, 1.807) is 19.1 Å². The van der Waals surface area contributed by atoms with E-state index in [4.69, 9.17) is 0 Å². The summed E-state index contributed by atoms with van der Waals surface area (Å²) in [6.07, 6.45) is 3.71. The summed E-state index contributed by atoms with van der Waals surface area (Å²) in [5, 5.41) is 3.07. The molecule has 2 N–H and O–H groups in total. The number of benzene rings is 1. The van der Waals surface area contributed by atoms with Gasteiger partial charge in [0, 0.05) is 12.2 Å². The van der Waals surface area contributed by atoms with Gasteiger partial charge in [-0.15, -0.1) is 0 Å². The zero-order chi connectivity index (χ0) is 17.8. The lowest BCUT2D eigenvalue weighted by molar-refractivity contribution is -0.129. The lowest BCUT2D eigenvalue weighted by Gasteiger charge is -2.41. The monoisotopic (exact) mass is 352 g/mol. The first kappa shape index (κ1) is 18.8. The van der Waals surface area contributed by atoms with Crippen molar-refractivity contribution in [2.45, 2.75) is 51.9 Å². The van der Waals surface area contributed by atoms with Crippen molar-refractivity contribution < 1.29 is 13.2 Å². The Hall–Kier alpha value is -1.56. The largest absolute Gasteiger partial charge is 0.355 e. The molecule has 0 spiro atoms. The Bertz CT molecular complexity index is 662. The summed E-state index contributed by atoms with van der Waals surface area (Å²) in [6, 6.07) is 7.22. The van der Waals surface area contributed by atoms with E-state index in [0.717, 1.165) is 31.2 Å². The molecule has 0 saturated heterocycles. The molecule has 1 amide bonds. The van der Waals surface area contributed by atoms with Gasteiger partial charge in [0.25, 0.3) is 0 Å². The maximum Gasteiger partial charge on any atom is 0.232 e. The van der Waals surface area contributed by atoms with Crippen molar-refractivity contribution in [2.75, 3.05) is 17.0 Å². The highest BCUT2D eigenvalue weighted by Gasteiger charge is 2.45. The zero-order valence-corrected chi connectivity index (χ0v) is 15.6. The highest BCUT2D eigenvalue weighted by molar-refractivity contribution is 7.92. The third kappa shape index (κ3) is 4.29. The van der Waals surface area contributed by atoms with E-state index >= 15 is 0 Å². The van der Waals surface area contributed by atoms with Crippen LogP contribution >= 0.6 is 0 Å². The van der Waals surface area contributed by atoms with Crippen molar-refractivity contribution in [1.29, 1.82) is 0 Å². The normalized spacial score (nSPS) is 16.5. The fourth-order valence-corrected chi connectivity index (χ4v) is 3.57. The summed E-state index contributed by atoms with van der Waals surface area (Å²) >= 11 is 0. The van der Waals surface area contributed by atoms with Crippen molar-refractivity contribution in [2.24, 2.45) is 5.92 Å². The molecule has 24 heavy (non-hydrogen) atoms. The Morgan fingerprint density at radius 3 is 2.29 bits per heavy atom. The molecule has 1 saturated carbocycles. The van der Waals surface area contributed by atoms with Crippen LogP contribution in [0, 0.1) is 5.92 Å². The molecule has 0 unspecified atom stereocenters. The van der Waals surface area contributed by atoms with Crippen molar-refractivity contribution in [1.82, 2.24) is 5.32 Å². The Kier molecular flexibility index (Phi) is 5.91. The van der Waals surface area contributed by atoms with E-state index < -0.39 is 15.4 Å². The average molecular weight is 353 g/mol. The summed E-state index contributed by atoms with van der Waals surface area (Å²) < 4.78 is 25.8. The van der Waals surface area contributed by atoms with Gasteiger partial charge < -0.3 is 5.32 Å². The van der Waals surface area contributed by atoms with Crippen LogP contribution in [-0.2, 0) is 20.2 Å². The first-order valence-electron chi connectivity index (χ1n) is 8.68. The van der Waals surface area contributed by atoms with Gasteiger partial charge in [0.1, 0.15) is 0 Å². The van der Waals surface area contributed by atoms with Crippen molar-refractivity contribution in [3.05, 3.63) is 29.8 Å².